The number of hydrogen-bond acceptors (Lipinski definition) is 3. The number of ether oxygens (including phenoxy) is 1. The first-order chi connectivity index (χ1) is 16.9. The van der Waals surface area contributed by atoms with Gasteiger partial charge in [0.05, 0.1) is 24.9 Å². The van der Waals surface area contributed by atoms with Crippen molar-refractivity contribution in [3.8, 4) is 16.9 Å². The number of nitrogens with zero attached hydrogens (tertiary/aromatic N) is 3. The van der Waals surface area contributed by atoms with Crippen molar-refractivity contribution in [3.63, 3.8) is 0 Å². The molecule has 176 valence electrons. The van der Waals surface area contributed by atoms with Gasteiger partial charge < -0.3 is 13.9 Å². The maximum absolute atomic E-state index is 12.8. The van der Waals surface area contributed by atoms with Gasteiger partial charge in [-0.15, -0.1) is 0 Å². The van der Waals surface area contributed by atoms with E-state index in [2.05, 4.69) is 17.1 Å². The van der Waals surface area contributed by atoms with Gasteiger partial charge in [-0.3, -0.25) is 4.79 Å². The second-order valence-electron chi connectivity index (χ2n) is 8.49. The van der Waals surface area contributed by atoms with Crippen LogP contribution in [0.25, 0.3) is 22.0 Å². The molecule has 0 spiro atoms. The molecule has 5 rings (SSSR count). The minimum Gasteiger partial charge on any atom is -0.496 e. The van der Waals surface area contributed by atoms with Crippen molar-refractivity contribution in [3.05, 3.63) is 116 Å². The Bertz CT molecular complexity index is 1620. The maximum Gasteiger partial charge on any atom is 0.251 e. The lowest BCUT2D eigenvalue weighted by Crippen LogP contribution is -2.17. The standard InChI is InChI=1S/C28H23Cl2N3O2/c1-32-16-31-15-25(32)28(21-9-8-20(30)13-26(21)35-3)18-7-10-24-23(12-18)22(14-27(34)33(24)2)17-5-4-6-19(29)11-17/h4-16,28H,1-3H3. The Morgan fingerprint density at radius 2 is 1.74 bits per heavy atom. The Labute approximate surface area is 213 Å². The molecule has 0 aliphatic carbocycles. The fourth-order valence-electron chi connectivity index (χ4n) is 4.63. The zero-order chi connectivity index (χ0) is 24.7. The largest absolute Gasteiger partial charge is 0.496 e. The molecule has 0 saturated heterocycles. The highest BCUT2D eigenvalue weighted by molar-refractivity contribution is 6.31. The number of aromatic nitrogens is 3. The summed E-state index contributed by atoms with van der Waals surface area (Å²) in [6, 6.07) is 21.1. The van der Waals surface area contributed by atoms with Gasteiger partial charge in [-0.1, -0.05) is 47.5 Å². The number of benzene rings is 3. The average Bonchev–Trinajstić information content (AvgIpc) is 3.27. The van der Waals surface area contributed by atoms with E-state index in [9.17, 15) is 4.79 Å². The molecule has 0 aliphatic heterocycles. The highest BCUT2D eigenvalue weighted by atomic mass is 35.5. The number of methoxy groups -OCH3 is 1. The number of pyridine rings is 1. The summed E-state index contributed by atoms with van der Waals surface area (Å²) >= 11 is 12.6. The van der Waals surface area contributed by atoms with Crippen LogP contribution in [0.1, 0.15) is 22.7 Å². The predicted octanol–water partition coefficient (Wildman–Crippen LogP) is 6.43. The van der Waals surface area contributed by atoms with Gasteiger partial charge in [0.2, 0.25) is 0 Å². The maximum atomic E-state index is 12.8. The molecule has 5 aromatic rings. The lowest BCUT2D eigenvalue weighted by Gasteiger charge is -2.22. The van der Waals surface area contributed by atoms with E-state index >= 15 is 0 Å². The zero-order valence-corrected chi connectivity index (χ0v) is 21.0. The summed E-state index contributed by atoms with van der Waals surface area (Å²) in [6.07, 6.45) is 3.65. The molecule has 1 atom stereocenters. The molecule has 0 aliphatic rings. The van der Waals surface area contributed by atoms with Gasteiger partial charge in [-0.2, -0.15) is 0 Å². The van der Waals surface area contributed by atoms with E-state index in [0.29, 0.717) is 15.8 Å². The van der Waals surface area contributed by atoms with Crippen LogP contribution in [0.5, 0.6) is 5.75 Å². The van der Waals surface area contributed by atoms with Crippen molar-refractivity contribution in [2.45, 2.75) is 5.92 Å². The second kappa shape index (κ2) is 9.25. The summed E-state index contributed by atoms with van der Waals surface area (Å²) in [5.74, 6) is 0.517. The molecule has 0 amide bonds. The summed E-state index contributed by atoms with van der Waals surface area (Å²) in [6.45, 7) is 0. The fourth-order valence-corrected chi connectivity index (χ4v) is 4.98. The van der Waals surface area contributed by atoms with Crippen molar-refractivity contribution in [1.29, 1.82) is 0 Å². The number of hydrogen-bond donors (Lipinski definition) is 0. The van der Waals surface area contributed by atoms with Gasteiger partial charge in [0.1, 0.15) is 5.75 Å². The van der Waals surface area contributed by atoms with Gasteiger partial charge in [0.25, 0.3) is 5.56 Å². The topological polar surface area (TPSA) is 49.1 Å². The van der Waals surface area contributed by atoms with Crippen LogP contribution in [0.3, 0.4) is 0 Å². The van der Waals surface area contributed by atoms with Gasteiger partial charge in [-0.05, 0) is 53.1 Å². The van der Waals surface area contributed by atoms with Gasteiger partial charge in [0, 0.05) is 53.0 Å². The molecular weight excluding hydrogens is 481 g/mol. The number of halogens is 2. The third kappa shape index (κ3) is 4.22. The molecule has 0 saturated carbocycles. The number of imidazole rings is 1. The highest BCUT2D eigenvalue weighted by Crippen LogP contribution is 2.40. The molecule has 0 radical (unpaired) electrons. The summed E-state index contributed by atoms with van der Waals surface area (Å²) in [7, 11) is 5.40. The van der Waals surface area contributed by atoms with E-state index in [-0.39, 0.29) is 11.5 Å². The Morgan fingerprint density at radius 1 is 0.943 bits per heavy atom. The molecular formula is C28H23Cl2N3O2. The summed E-state index contributed by atoms with van der Waals surface area (Å²) < 4.78 is 9.38. The van der Waals surface area contributed by atoms with Crippen LogP contribution in [0.2, 0.25) is 10.0 Å². The van der Waals surface area contributed by atoms with Crippen molar-refractivity contribution < 1.29 is 4.74 Å². The Morgan fingerprint density at radius 3 is 2.46 bits per heavy atom. The molecule has 35 heavy (non-hydrogen) atoms. The van der Waals surface area contributed by atoms with Crippen LogP contribution < -0.4 is 10.3 Å². The fraction of sp³-hybridized carbons (Fsp3) is 0.143. The van der Waals surface area contributed by atoms with E-state index in [1.54, 1.807) is 31.1 Å². The zero-order valence-electron chi connectivity index (χ0n) is 19.5. The molecule has 2 heterocycles. The lowest BCUT2D eigenvalue weighted by molar-refractivity contribution is 0.408. The van der Waals surface area contributed by atoms with Crippen LogP contribution in [0, 0.1) is 0 Å². The normalized spacial score (nSPS) is 12.1. The average molecular weight is 504 g/mol. The summed E-state index contributed by atoms with van der Waals surface area (Å²) in [5, 5.41) is 2.17. The van der Waals surface area contributed by atoms with E-state index < -0.39 is 0 Å². The molecule has 0 N–H and O–H groups in total. The number of aryl methyl sites for hydroxylation is 2. The smallest absolute Gasteiger partial charge is 0.251 e. The minimum absolute atomic E-state index is 0.0808. The van der Waals surface area contributed by atoms with Crippen LogP contribution in [-0.2, 0) is 14.1 Å². The molecule has 7 heteroatoms. The first kappa shape index (κ1) is 23.2. The van der Waals surface area contributed by atoms with Gasteiger partial charge >= 0.3 is 0 Å². The molecule has 1 unspecified atom stereocenters. The molecule has 0 bridgehead atoms. The van der Waals surface area contributed by atoms with E-state index in [1.807, 2.05) is 66.3 Å². The predicted molar refractivity (Wildman–Crippen MR) is 142 cm³/mol. The van der Waals surface area contributed by atoms with Crippen LogP contribution >= 0.6 is 23.2 Å². The number of rotatable bonds is 5. The number of fused-ring (bicyclic) bond motifs is 1. The molecule has 5 nitrogen and oxygen atoms in total. The highest BCUT2D eigenvalue weighted by Gasteiger charge is 2.24. The van der Waals surface area contributed by atoms with Crippen LogP contribution in [0.15, 0.2) is 84.0 Å². The quantitative estimate of drug-likeness (QED) is 0.277. The van der Waals surface area contributed by atoms with Crippen LogP contribution in [-0.4, -0.2) is 21.2 Å². The van der Waals surface area contributed by atoms with Crippen molar-refractivity contribution in [2.75, 3.05) is 7.11 Å². The van der Waals surface area contributed by atoms with Crippen molar-refractivity contribution in [1.82, 2.24) is 14.1 Å². The van der Waals surface area contributed by atoms with E-state index in [1.165, 1.54) is 0 Å². The summed E-state index contributed by atoms with van der Waals surface area (Å²) in [5.41, 5.74) is 5.47. The Balaban J connectivity index is 1.81. The SMILES string of the molecule is COc1cc(Cl)ccc1C(c1ccc2c(c1)c(-c1cccc(Cl)c1)cc(=O)n2C)c1cncn1C. The van der Waals surface area contributed by atoms with E-state index in [4.69, 9.17) is 27.9 Å². The second-order valence-corrected chi connectivity index (χ2v) is 9.36. The van der Waals surface area contributed by atoms with Gasteiger partial charge in [0.15, 0.2) is 0 Å². The van der Waals surface area contributed by atoms with Crippen molar-refractivity contribution >= 4 is 34.1 Å². The molecule has 0 fully saturated rings. The Hall–Kier alpha value is -3.54. The first-order valence-electron chi connectivity index (χ1n) is 11.1. The monoisotopic (exact) mass is 503 g/mol. The van der Waals surface area contributed by atoms with Gasteiger partial charge in [-0.25, -0.2) is 4.98 Å². The third-order valence-electron chi connectivity index (χ3n) is 6.40. The Kier molecular flexibility index (Phi) is 6.13. The van der Waals surface area contributed by atoms with Crippen LogP contribution in [0.4, 0.5) is 0 Å². The van der Waals surface area contributed by atoms with E-state index in [0.717, 1.165) is 38.9 Å². The lowest BCUT2D eigenvalue weighted by atomic mass is 9.86. The first-order valence-corrected chi connectivity index (χ1v) is 11.8. The minimum atomic E-state index is -0.177. The third-order valence-corrected chi connectivity index (χ3v) is 6.87. The van der Waals surface area contributed by atoms with Crippen molar-refractivity contribution in [2.24, 2.45) is 14.1 Å². The summed E-state index contributed by atoms with van der Waals surface area (Å²) in [4.78, 5) is 17.2. The molecule has 2 aromatic heterocycles. The molecule has 3 aromatic carbocycles.